The summed E-state index contributed by atoms with van der Waals surface area (Å²) in [6, 6.07) is 11.6. The molecular formula is C13H11N5. The fraction of sp³-hybridized carbons (Fsp3) is 0.0769. The average molecular weight is 237 g/mol. The van der Waals surface area contributed by atoms with Crippen molar-refractivity contribution in [3.05, 3.63) is 54.4 Å². The highest BCUT2D eigenvalue weighted by Gasteiger charge is 1.99. The van der Waals surface area contributed by atoms with Crippen LogP contribution >= 0.6 is 0 Å². The SMILES string of the molecule is c1cncc(CN=Nc2nc3ccccc3[nH]2)c1. The highest BCUT2D eigenvalue weighted by molar-refractivity contribution is 5.76. The van der Waals surface area contributed by atoms with Crippen LogP contribution in [0.4, 0.5) is 5.95 Å². The summed E-state index contributed by atoms with van der Waals surface area (Å²) in [5.74, 6) is 0.528. The number of H-pyrrole nitrogens is 1. The number of nitrogens with one attached hydrogen (secondary N) is 1. The number of aromatic nitrogens is 3. The molecule has 2 aromatic heterocycles. The Bertz CT molecular complexity index is 639. The Morgan fingerprint density at radius 2 is 2.06 bits per heavy atom. The summed E-state index contributed by atoms with van der Waals surface area (Å²) >= 11 is 0. The van der Waals surface area contributed by atoms with Crippen LogP contribution in [0, 0.1) is 0 Å². The Kier molecular flexibility index (Phi) is 2.79. The van der Waals surface area contributed by atoms with Gasteiger partial charge in [-0.25, -0.2) is 4.98 Å². The van der Waals surface area contributed by atoms with Gasteiger partial charge in [0.1, 0.15) is 0 Å². The second-order valence-electron chi connectivity index (χ2n) is 3.84. The molecular weight excluding hydrogens is 226 g/mol. The van der Waals surface area contributed by atoms with E-state index in [2.05, 4.69) is 25.2 Å². The number of imidazole rings is 1. The molecule has 3 rings (SSSR count). The van der Waals surface area contributed by atoms with Crippen LogP contribution in [-0.2, 0) is 6.54 Å². The maximum Gasteiger partial charge on any atom is 0.247 e. The Labute approximate surface area is 104 Å². The minimum atomic E-state index is 0.505. The van der Waals surface area contributed by atoms with E-state index in [-0.39, 0.29) is 0 Å². The van der Waals surface area contributed by atoms with Gasteiger partial charge >= 0.3 is 0 Å². The fourth-order valence-corrected chi connectivity index (χ4v) is 1.66. The molecule has 0 aliphatic carbocycles. The summed E-state index contributed by atoms with van der Waals surface area (Å²) < 4.78 is 0. The Morgan fingerprint density at radius 3 is 2.89 bits per heavy atom. The zero-order chi connectivity index (χ0) is 12.2. The van der Waals surface area contributed by atoms with Gasteiger partial charge in [0, 0.05) is 12.4 Å². The van der Waals surface area contributed by atoms with E-state index in [4.69, 9.17) is 0 Å². The van der Waals surface area contributed by atoms with Gasteiger partial charge in [0.2, 0.25) is 5.95 Å². The number of fused-ring (bicyclic) bond motifs is 1. The second-order valence-corrected chi connectivity index (χ2v) is 3.84. The molecule has 3 aromatic rings. The zero-order valence-corrected chi connectivity index (χ0v) is 9.61. The van der Waals surface area contributed by atoms with Crippen molar-refractivity contribution in [2.45, 2.75) is 6.54 Å². The normalized spacial score (nSPS) is 11.3. The lowest BCUT2D eigenvalue weighted by Crippen LogP contribution is -1.80. The Balaban J connectivity index is 1.76. The summed E-state index contributed by atoms with van der Waals surface area (Å²) in [7, 11) is 0. The molecule has 1 N–H and O–H groups in total. The van der Waals surface area contributed by atoms with Crippen LogP contribution in [0.2, 0.25) is 0 Å². The van der Waals surface area contributed by atoms with Crippen LogP contribution in [0.1, 0.15) is 5.56 Å². The lowest BCUT2D eigenvalue weighted by atomic mass is 10.3. The first kappa shape index (κ1) is 10.6. The third-order valence-electron chi connectivity index (χ3n) is 2.52. The van der Waals surface area contributed by atoms with Gasteiger partial charge in [-0.2, -0.15) is 5.11 Å². The van der Waals surface area contributed by atoms with Crippen molar-refractivity contribution < 1.29 is 0 Å². The topological polar surface area (TPSA) is 66.3 Å². The van der Waals surface area contributed by atoms with Gasteiger partial charge in [-0.1, -0.05) is 18.2 Å². The number of aromatic amines is 1. The molecule has 0 saturated heterocycles. The monoisotopic (exact) mass is 237 g/mol. The van der Waals surface area contributed by atoms with E-state index in [0.717, 1.165) is 16.6 Å². The summed E-state index contributed by atoms with van der Waals surface area (Å²) in [5.41, 5.74) is 2.89. The van der Waals surface area contributed by atoms with Crippen LogP contribution in [0.25, 0.3) is 11.0 Å². The van der Waals surface area contributed by atoms with Gasteiger partial charge in [-0.3, -0.25) is 4.98 Å². The highest BCUT2D eigenvalue weighted by atomic mass is 15.2. The third kappa shape index (κ3) is 2.24. The number of hydrogen-bond acceptors (Lipinski definition) is 4. The number of benzene rings is 1. The molecule has 88 valence electrons. The third-order valence-corrected chi connectivity index (χ3v) is 2.52. The smallest absolute Gasteiger partial charge is 0.247 e. The van der Waals surface area contributed by atoms with E-state index in [1.165, 1.54) is 0 Å². The van der Waals surface area contributed by atoms with Crippen molar-refractivity contribution in [2.75, 3.05) is 0 Å². The number of rotatable bonds is 3. The van der Waals surface area contributed by atoms with E-state index < -0.39 is 0 Å². The van der Waals surface area contributed by atoms with E-state index in [1.807, 2.05) is 36.4 Å². The van der Waals surface area contributed by atoms with Crippen LogP contribution < -0.4 is 0 Å². The molecule has 0 aliphatic heterocycles. The number of para-hydroxylation sites is 2. The van der Waals surface area contributed by atoms with Crippen molar-refractivity contribution in [3.63, 3.8) is 0 Å². The van der Waals surface area contributed by atoms with Crippen molar-refractivity contribution in [2.24, 2.45) is 10.2 Å². The minimum Gasteiger partial charge on any atom is -0.321 e. The van der Waals surface area contributed by atoms with Gasteiger partial charge in [0.25, 0.3) is 0 Å². The molecule has 18 heavy (non-hydrogen) atoms. The molecule has 5 nitrogen and oxygen atoms in total. The van der Waals surface area contributed by atoms with E-state index in [9.17, 15) is 0 Å². The number of nitrogens with zero attached hydrogens (tertiary/aromatic N) is 4. The van der Waals surface area contributed by atoms with Crippen LogP contribution in [0.3, 0.4) is 0 Å². The zero-order valence-electron chi connectivity index (χ0n) is 9.61. The van der Waals surface area contributed by atoms with E-state index >= 15 is 0 Å². The van der Waals surface area contributed by atoms with Crippen LogP contribution in [-0.4, -0.2) is 15.0 Å². The van der Waals surface area contributed by atoms with Crippen molar-refractivity contribution in [1.29, 1.82) is 0 Å². The largest absolute Gasteiger partial charge is 0.321 e. The van der Waals surface area contributed by atoms with Crippen LogP contribution in [0.15, 0.2) is 59.0 Å². The number of pyridine rings is 1. The molecule has 2 heterocycles. The summed E-state index contributed by atoms with van der Waals surface area (Å²) in [4.78, 5) is 11.4. The van der Waals surface area contributed by atoms with Gasteiger partial charge in [0.15, 0.2) is 0 Å². The number of azo groups is 1. The lowest BCUT2D eigenvalue weighted by Gasteiger charge is -1.91. The maximum absolute atomic E-state index is 4.31. The molecule has 0 unspecified atom stereocenters. The molecule has 1 aromatic carbocycles. The standard InChI is InChI=1S/C13H11N5/c1-2-6-12-11(5-1)16-13(17-12)18-15-9-10-4-3-7-14-8-10/h1-8H,9H2,(H,16,17). The van der Waals surface area contributed by atoms with Crippen molar-refractivity contribution >= 4 is 17.0 Å². The van der Waals surface area contributed by atoms with Gasteiger partial charge in [-0.05, 0) is 23.8 Å². The quantitative estimate of drug-likeness (QED) is 0.710. The molecule has 0 amide bonds. The number of hydrogen-bond donors (Lipinski definition) is 1. The van der Waals surface area contributed by atoms with Crippen LogP contribution in [0.5, 0.6) is 0 Å². The molecule has 0 bridgehead atoms. The van der Waals surface area contributed by atoms with Crippen molar-refractivity contribution in [3.8, 4) is 0 Å². The molecule has 0 fully saturated rings. The maximum atomic E-state index is 4.31. The van der Waals surface area contributed by atoms with E-state index in [1.54, 1.807) is 12.4 Å². The first-order valence-electron chi connectivity index (χ1n) is 5.63. The molecule has 0 spiro atoms. The summed E-state index contributed by atoms with van der Waals surface area (Å²) in [6.07, 6.45) is 3.51. The fourth-order valence-electron chi connectivity index (χ4n) is 1.66. The molecule has 5 heteroatoms. The first-order chi connectivity index (χ1) is 8.92. The summed E-state index contributed by atoms with van der Waals surface area (Å²) in [6.45, 7) is 0.505. The average Bonchev–Trinajstić information content (AvgIpc) is 2.82. The molecule has 0 saturated carbocycles. The lowest BCUT2D eigenvalue weighted by molar-refractivity contribution is 0.932. The molecule has 0 aliphatic rings. The van der Waals surface area contributed by atoms with Gasteiger partial charge < -0.3 is 4.98 Å². The molecule has 0 atom stereocenters. The van der Waals surface area contributed by atoms with Gasteiger partial charge in [0.05, 0.1) is 17.6 Å². The Morgan fingerprint density at radius 1 is 1.11 bits per heavy atom. The molecule has 0 radical (unpaired) electrons. The first-order valence-corrected chi connectivity index (χ1v) is 5.63. The minimum absolute atomic E-state index is 0.505. The van der Waals surface area contributed by atoms with Gasteiger partial charge in [-0.15, -0.1) is 5.11 Å². The predicted octanol–water partition coefficient (Wildman–Crippen LogP) is 3.24. The summed E-state index contributed by atoms with van der Waals surface area (Å²) in [5, 5.41) is 8.17. The highest BCUT2D eigenvalue weighted by Crippen LogP contribution is 2.15. The van der Waals surface area contributed by atoms with E-state index in [0.29, 0.717) is 12.5 Å². The predicted molar refractivity (Wildman–Crippen MR) is 68.6 cm³/mol. The van der Waals surface area contributed by atoms with Crippen molar-refractivity contribution in [1.82, 2.24) is 15.0 Å². The Hall–Kier alpha value is -2.56. The second kappa shape index (κ2) is 4.75.